The molecule has 0 aromatic rings. The van der Waals surface area contributed by atoms with Gasteiger partial charge in [0, 0.05) is 31.7 Å². The van der Waals surface area contributed by atoms with E-state index in [2.05, 4.69) is 9.89 Å². The van der Waals surface area contributed by atoms with E-state index in [1.165, 1.54) is 25.7 Å². The third-order valence-corrected chi connectivity index (χ3v) is 4.33. The lowest BCUT2D eigenvalue weighted by atomic mass is 9.84. The van der Waals surface area contributed by atoms with Gasteiger partial charge in [-0.1, -0.05) is 12.8 Å². The van der Waals surface area contributed by atoms with Crippen LogP contribution in [0.15, 0.2) is 4.99 Å². The number of nitrogens with zero attached hydrogens (tertiary/aromatic N) is 2. The van der Waals surface area contributed by atoms with E-state index in [0.717, 1.165) is 32.5 Å². The summed E-state index contributed by atoms with van der Waals surface area (Å²) in [6.07, 6.45) is 6.74. The van der Waals surface area contributed by atoms with Crippen LogP contribution in [0.4, 0.5) is 0 Å². The van der Waals surface area contributed by atoms with Crippen molar-refractivity contribution in [3.05, 3.63) is 0 Å². The summed E-state index contributed by atoms with van der Waals surface area (Å²) in [6, 6.07) is 0. The summed E-state index contributed by atoms with van der Waals surface area (Å²) < 4.78 is 5.48. The molecule has 3 N–H and O–H groups in total. The lowest BCUT2D eigenvalue weighted by Crippen LogP contribution is -2.39. The summed E-state index contributed by atoms with van der Waals surface area (Å²) in [5, 5.41) is 9.20. The van der Waals surface area contributed by atoms with Crippen molar-refractivity contribution in [1.82, 2.24) is 4.90 Å². The first kappa shape index (κ1) is 14.6. The third kappa shape index (κ3) is 4.08. The molecular weight excluding hydrogens is 242 g/mol. The molecule has 0 bridgehead atoms. The van der Waals surface area contributed by atoms with Crippen molar-refractivity contribution in [2.75, 3.05) is 39.5 Å². The number of nitrogens with two attached hydrogens (primary N) is 1. The van der Waals surface area contributed by atoms with E-state index in [9.17, 15) is 5.11 Å². The van der Waals surface area contributed by atoms with Crippen LogP contribution in [0.5, 0.6) is 0 Å². The number of aliphatic imine (C=N–C) groups is 1. The van der Waals surface area contributed by atoms with Crippen molar-refractivity contribution in [3.63, 3.8) is 0 Å². The maximum atomic E-state index is 9.20. The minimum atomic E-state index is 0.00518. The molecule has 19 heavy (non-hydrogen) atoms. The number of ether oxygens (including phenoxy) is 1. The van der Waals surface area contributed by atoms with Crippen LogP contribution >= 0.6 is 0 Å². The van der Waals surface area contributed by atoms with Crippen molar-refractivity contribution >= 4 is 5.96 Å². The van der Waals surface area contributed by atoms with E-state index in [1.807, 2.05) is 0 Å². The lowest BCUT2D eigenvalue weighted by Gasteiger charge is -2.26. The second kappa shape index (κ2) is 7.10. The van der Waals surface area contributed by atoms with Crippen LogP contribution in [-0.2, 0) is 4.74 Å². The zero-order valence-corrected chi connectivity index (χ0v) is 11.8. The first-order chi connectivity index (χ1) is 9.26. The van der Waals surface area contributed by atoms with Gasteiger partial charge in [-0.25, -0.2) is 0 Å². The molecule has 1 unspecified atom stereocenters. The molecule has 2 saturated heterocycles. The van der Waals surface area contributed by atoms with Gasteiger partial charge < -0.3 is 20.5 Å². The molecule has 0 spiro atoms. The van der Waals surface area contributed by atoms with Crippen LogP contribution in [-0.4, -0.2) is 55.4 Å². The number of rotatable bonds is 4. The summed E-state index contributed by atoms with van der Waals surface area (Å²) in [7, 11) is 0. The minimum Gasteiger partial charge on any atom is -0.396 e. The zero-order chi connectivity index (χ0) is 13.6. The Labute approximate surface area is 115 Å². The Hall–Kier alpha value is -0.810. The molecule has 0 radical (unpaired) electrons. The van der Waals surface area contributed by atoms with Crippen LogP contribution in [0.2, 0.25) is 0 Å². The van der Waals surface area contributed by atoms with Crippen molar-refractivity contribution in [3.8, 4) is 0 Å². The summed E-state index contributed by atoms with van der Waals surface area (Å²) >= 11 is 0. The highest BCUT2D eigenvalue weighted by Gasteiger charge is 2.34. The normalized spacial score (nSPS) is 29.5. The van der Waals surface area contributed by atoms with Crippen LogP contribution in [0.3, 0.4) is 0 Å². The Morgan fingerprint density at radius 3 is 2.58 bits per heavy atom. The second-order valence-corrected chi connectivity index (χ2v) is 5.85. The summed E-state index contributed by atoms with van der Waals surface area (Å²) in [6.45, 7) is 4.40. The number of guanidine groups is 1. The standard InChI is InChI=1S/C14H27N3O2/c15-13(17-7-3-1-2-4-8-17)16-11-14(5-9-18)6-10-19-12-14/h18H,1-12H2,(H2,15,16). The maximum Gasteiger partial charge on any atom is 0.191 e. The number of likely N-dealkylation sites (tertiary alicyclic amines) is 1. The van der Waals surface area contributed by atoms with Crippen molar-refractivity contribution in [1.29, 1.82) is 0 Å². The largest absolute Gasteiger partial charge is 0.396 e. The van der Waals surface area contributed by atoms with Crippen molar-refractivity contribution < 1.29 is 9.84 Å². The first-order valence-corrected chi connectivity index (χ1v) is 7.49. The average molecular weight is 269 g/mol. The minimum absolute atomic E-state index is 0.00518. The Bertz CT molecular complexity index is 293. The van der Waals surface area contributed by atoms with Crippen LogP contribution < -0.4 is 5.73 Å². The molecular formula is C14H27N3O2. The summed E-state index contributed by atoms with van der Waals surface area (Å²) in [5.74, 6) is 0.672. The molecule has 0 aliphatic carbocycles. The molecule has 2 aliphatic rings. The van der Waals surface area contributed by atoms with E-state index in [0.29, 0.717) is 19.1 Å². The van der Waals surface area contributed by atoms with Gasteiger partial charge in [0.2, 0.25) is 0 Å². The predicted octanol–water partition coefficient (Wildman–Crippen LogP) is 0.966. The van der Waals surface area contributed by atoms with Crippen LogP contribution in [0.25, 0.3) is 0 Å². The van der Waals surface area contributed by atoms with Gasteiger partial charge in [0.05, 0.1) is 13.2 Å². The van der Waals surface area contributed by atoms with Gasteiger partial charge in [-0.3, -0.25) is 4.99 Å². The molecule has 2 rings (SSSR count). The van der Waals surface area contributed by atoms with Gasteiger partial charge >= 0.3 is 0 Å². The molecule has 2 fully saturated rings. The van der Waals surface area contributed by atoms with E-state index in [1.54, 1.807) is 0 Å². The number of hydrogen-bond donors (Lipinski definition) is 2. The molecule has 0 aromatic heterocycles. The van der Waals surface area contributed by atoms with Crippen LogP contribution in [0, 0.1) is 5.41 Å². The highest BCUT2D eigenvalue weighted by Crippen LogP contribution is 2.32. The molecule has 1 atom stereocenters. The molecule has 2 heterocycles. The van der Waals surface area contributed by atoms with Gasteiger partial charge in [0.15, 0.2) is 5.96 Å². The number of aliphatic hydroxyl groups is 1. The quantitative estimate of drug-likeness (QED) is 0.589. The SMILES string of the molecule is NC(=NCC1(CCO)CCOC1)N1CCCCCC1. The summed E-state index contributed by atoms with van der Waals surface area (Å²) in [4.78, 5) is 6.80. The molecule has 110 valence electrons. The number of hydrogen-bond acceptors (Lipinski definition) is 3. The van der Waals surface area contributed by atoms with E-state index in [-0.39, 0.29) is 12.0 Å². The molecule has 5 nitrogen and oxygen atoms in total. The van der Waals surface area contributed by atoms with Gasteiger partial charge in [-0.05, 0) is 25.7 Å². The third-order valence-electron chi connectivity index (χ3n) is 4.33. The highest BCUT2D eigenvalue weighted by atomic mass is 16.5. The Kier molecular flexibility index (Phi) is 5.45. The fourth-order valence-corrected chi connectivity index (χ4v) is 2.94. The first-order valence-electron chi connectivity index (χ1n) is 7.49. The van der Waals surface area contributed by atoms with Gasteiger partial charge in [-0.15, -0.1) is 0 Å². The zero-order valence-electron chi connectivity index (χ0n) is 11.8. The fourth-order valence-electron chi connectivity index (χ4n) is 2.94. The predicted molar refractivity (Wildman–Crippen MR) is 76.1 cm³/mol. The van der Waals surface area contributed by atoms with E-state index >= 15 is 0 Å². The lowest BCUT2D eigenvalue weighted by molar-refractivity contribution is 0.131. The molecule has 0 saturated carbocycles. The maximum absolute atomic E-state index is 9.20. The molecule has 0 amide bonds. The molecule has 2 aliphatic heterocycles. The smallest absolute Gasteiger partial charge is 0.191 e. The van der Waals surface area contributed by atoms with Gasteiger partial charge in [0.1, 0.15) is 0 Å². The van der Waals surface area contributed by atoms with Gasteiger partial charge in [0.25, 0.3) is 0 Å². The van der Waals surface area contributed by atoms with Crippen LogP contribution in [0.1, 0.15) is 38.5 Å². The monoisotopic (exact) mass is 269 g/mol. The molecule has 0 aromatic carbocycles. The number of aliphatic hydroxyl groups excluding tert-OH is 1. The fraction of sp³-hybridized carbons (Fsp3) is 0.929. The van der Waals surface area contributed by atoms with E-state index in [4.69, 9.17) is 10.5 Å². The Morgan fingerprint density at radius 1 is 1.26 bits per heavy atom. The highest BCUT2D eigenvalue weighted by molar-refractivity contribution is 5.78. The molecule has 5 heteroatoms. The Balaban J connectivity index is 1.91. The second-order valence-electron chi connectivity index (χ2n) is 5.85. The average Bonchev–Trinajstić information content (AvgIpc) is 2.71. The van der Waals surface area contributed by atoms with Gasteiger partial charge in [-0.2, -0.15) is 0 Å². The summed E-state index contributed by atoms with van der Waals surface area (Å²) in [5.41, 5.74) is 6.13. The van der Waals surface area contributed by atoms with Crippen molar-refractivity contribution in [2.45, 2.75) is 38.5 Å². The topological polar surface area (TPSA) is 71.1 Å². The van der Waals surface area contributed by atoms with E-state index < -0.39 is 0 Å². The Morgan fingerprint density at radius 2 is 2.00 bits per heavy atom. The van der Waals surface area contributed by atoms with Crippen molar-refractivity contribution in [2.24, 2.45) is 16.1 Å².